The van der Waals surface area contributed by atoms with Crippen molar-refractivity contribution in [1.29, 1.82) is 0 Å². The Morgan fingerprint density at radius 2 is 1.71 bits per heavy atom. The quantitative estimate of drug-likeness (QED) is 0.824. The van der Waals surface area contributed by atoms with Crippen molar-refractivity contribution in [2.45, 2.75) is 4.90 Å². The molecule has 0 heterocycles. The molecule has 3 N–H and O–H groups in total. The van der Waals surface area contributed by atoms with Crippen LogP contribution in [0.15, 0.2) is 47.4 Å². The van der Waals surface area contributed by atoms with E-state index in [9.17, 15) is 8.42 Å². The van der Waals surface area contributed by atoms with Gasteiger partial charge in [0.15, 0.2) is 17.2 Å². The lowest BCUT2D eigenvalue weighted by molar-refractivity contribution is 0.379. The maximum absolute atomic E-state index is 11.7. The van der Waals surface area contributed by atoms with Gasteiger partial charge in [0.1, 0.15) is 0 Å². The second-order valence-corrected chi connectivity index (χ2v) is 6.05. The van der Waals surface area contributed by atoms with Crippen molar-refractivity contribution in [3.05, 3.63) is 42.5 Å². The second kappa shape index (κ2) is 6.02. The SMILES string of the molecule is CNS(=O)(=O)c1ccc(Oc2ccccc2OC)c(N)c1. The molecule has 2 rings (SSSR count). The lowest BCUT2D eigenvalue weighted by Crippen LogP contribution is -2.18. The number of nitrogen functional groups attached to an aromatic ring is 1. The fraction of sp³-hybridized carbons (Fsp3) is 0.143. The number of hydrogen-bond donors (Lipinski definition) is 2. The molecule has 7 heteroatoms. The lowest BCUT2D eigenvalue weighted by atomic mass is 10.3. The van der Waals surface area contributed by atoms with Crippen LogP contribution in [0.1, 0.15) is 0 Å². The molecule has 0 amide bonds. The van der Waals surface area contributed by atoms with E-state index in [1.807, 2.05) is 6.07 Å². The fourth-order valence-corrected chi connectivity index (χ4v) is 2.49. The zero-order chi connectivity index (χ0) is 15.5. The molecule has 0 fully saturated rings. The van der Waals surface area contributed by atoms with Crippen molar-refractivity contribution >= 4 is 15.7 Å². The highest BCUT2D eigenvalue weighted by molar-refractivity contribution is 7.89. The van der Waals surface area contributed by atoms with E-state index in [2.05, 4.69) is 4.72 Å². The van der Waals surface area contributed by atoms with Crippen molar-refractivity contribution in [2.24, 2.45) is 0 Å². The molecule has 6 nitrogen and oxygen atoms in total. The Balaban J connectivity index is 2.34. The molecule has 0 atom stereocenters. The van der Waals surface area contributed by atoms with Gasteiger partial charge in [0.25, 0.3) is 0 Å². The number of nitrogens with one attached hydrogen (secondary N) is 1. The predicted molar refractivity (Wildman–Crippen MR) is 80.2 cm³/mol. The van der Waals surface area contributed by atoms with Crippen LogP contribution in [0.2, 0.25) is 0 Å². The predicted octanol–water partition coefficient (Wildman–Crippen LogP) is 1.98. The number of sulfonamides is 1. The van der Waals surface area contributed by atoms with E-state index in [0.717, 1.165) is 0 Å². The van der Waals surface area contributed by atoms with Gasteiger partial charge in [-0.2, -0.15) is 0 Å². The summed E-state index contributed by atoms with van der Waals surface area (Å²) < 4.78 is 36.5. The second-order valence-electron chi connectivity index (χ2n) is 4.16. The van der Waals surface area contributed by atoms with Crippen LogP contribution in [0.3, 0.4) is 0 Å². The lowest BCUT2D eigenvalue weighted by Gasteiger charge is -2.12. The molecule has 112 valence electrons. The Morgan fingerprint density at radius 3 is 2.29 bits per heavy atom. The highest BCUT2D eigenvalue weighted by Crippen LogP contribution is 2.34. The van der Waals surface area contributed by atoms with Gasteiger partial charge in [-0.25, -0.2) is 13.1 Å². The number of ether oxygens (including phenoxy) is 2. The third-order valence-electron chi connectivity index (χ3n) is 2.85. The Morgan fingerprint density at radius 1 is 1.05 bits per heavy atom. The molecule has 0 unspecified atom stereocenters. The van der Waals surface area contributed by atoms with Crippen molar-refractivity contribution in [1.82, 2.24) is 4.72 Å². The van der Waals surface area contributed by atoms with Crippen LogP contribution in [0, 0.1) is 0 Å². The molecule has 0 bridgehead atoms. The van der Waals surface area contributed by atoms with Gasteiger partial charge in [0.05, 0.1) is 17.7 Å². The first kappa shape index (κ1) is 15.1. The molecule has 21 heavy (non-hydrogen) atoms. The maximum atomic E-state index is 11.7. The molecule has 2 aromatic rings. The number of benzene rings is 2. The Labute approximate surface area is 123 Å². The van der Waals surface area contributed by atoms with Gasteiger partial charge in [-0.1, -0.05) is 12.1 Å². The van der Waals surface area contributed by atoms with Crippen LogP contribution in [0.25, 0.3) is 0 Å². The topological polar surface area (TPSA) is 90.7 Å². The van der Waals surface area contributed by atoms with Gasteiger partial charge in [0.2, 0.25) is 10.0 Å². The highest BCUT2D eigenvalue weighted by atomic mass is 32.2. The number of nitrogens with two attached hydrogens (primary N) is 1. The highest BCUT2D eigenvalue weighted by Gasteiger charge is 2.14. The standard InChI is InChI=1S/C14H16N2O4S/c1-16-21(17,18)10-7-8-12(11(15)9-10)20-14-6-4-3-5-13(14)19-2/h3-9,16H,15H2,1-2H3. The molecule has 0 aliphatic rings. The minimum absolute atomic E-state index is 0.0786. The maximum Gasteiger partial charge on any atom is 0.240 e. The van der Waals surface area contributed by atoms with Crippen LogP contribution in [0.5, 0.6) is 17.2 Å². The van der Waals surface area contributed by atoms with Crippen molar-refractivity contribution in [3.63, 3.8) is 0 Å². The number of anilines is 1. The van der Waals surface area contributed by atoms with Gasteiger partial charge in [-0.3, -0.25) is 0 Å². The largest absolute Gasteiger partial charge is 0.493 e. The summed E-state index contributed by atoms with van der Waals surface area (Å²) in [6, 6.07) is 11.4. The molecular weight excluding hydrogens is 292 g/mol. The minimum atomic E-state index is -3.53. The van der Waals surface area contributed by atoms with E-state index in [4.69, 9.17) is 15.2 Å². The minimum Gasteiger partial charge on any atom is -0.493 e. The monoisotopic (exact) mass is 308 g/mol. The average Bonchev–Trinajstić information content (AvgIpc) is 2.49. The summed E-state index contributed by atoms with van der Waals surface area (Å²) >= 11 is 0. The van der Waals surface area contributed by atoms with E-state index >= 15 is 0 Å². The molecule has 0 radical (unpaired) electrons. The number of methoxy groups -OCH3 is 1. The van der Waals surface area contributed by atoms with Crippen LogP contribution in [-0.4, -0.2) is 22.6 Å². The third-order valence-corrected chi connectivity index (χ3v) is 4.26. The Bertz CT molecular complexity index is 744. The van der Waals surface area contributed by atoms with Crippen LogP contribution in [-0.2, 0) is 10.0 Å². The molecular formula is C14H16N2O4S. The molecule has 2 aromatic carbocycles. The zero-order valence-electron chi connectivity index (χ0n) is 11.7. The summed E-state index contributed by atoms with van der Waals surface area (Å²) in [5.74, 6) is 1.41. The van der Waals surface area contributed by atoms with E-state index < -0.39 is 10.0 Å². The van der Waals surface area contributed by atoms with Gasteiger partial charge < -0.3 is 15.2 Å². The van der Waals surface area contributed by atoms with Gasteiger partial charge in [0, 0.05) is 0 Å². The van der Waals surface area contributed by atoms with E-state index in [1.54, 1.807) is 18.2 Å². The van der Waals surface area contributed by atoms with Gasteiger partial charge >= 0.3 is 0 Å². The first-order chi connectivity index (χ1) is 9.97. The third kappa shape index (κ3) is 3.26. The summed E-state index contributed by atoms with van der Waals surface area (Å²) in [5, 5.41) is 0. The van der Waals surface area contributed by atoms with E-state index in [0.29, 0.717) is 17.2 Å². The first-order valence-electron chi connectivity index (χ1n) is 6.12. The fourth-order valence-electron chi connectivity index (χ4n) is 1.73. The Hall–Kier alpha value is -2.25. The number of hydrogen-bond acceptors (Lipinski definition) is 5. The molecule has 0 saturated heterocycles. The number of rotatable bonds is 5. The van der Waals surface area contributed by atoms with Crippen molar-refractivity contribution in [2.75, 3.05) is 19.9 Å². The molecule has 0 aromatic heterocycles. The average molecular weight is 308 g/mol. The first-order valence-corrected chi connectivity index (χ1v) is 7.60. The van der Waals surface area contributed by atoms with Crippen LogP contribution >= 0.6 is 0 Å². The van der Waals surface area contributed by atoms with E-state index in [1.165, 1.54) is 32.4 Å². The Kier molecular flexibility index (Phi) is 4.35. The summed E-state index contributed by atoms with van der Waals surface area (Å²) in [6.07, 6.45) is 0. The van der Waals surface area contributed by atoms with Crippen LogP contribution < -0.4 is 19.9 Å². The smallest absolute Gasteiger partial charge is 0.240 e. The summed E-state index contributed by atoms with van der Waals surface area (Å²) in [6.45, 7) is 0. The summed E-state index contributed by atoms with van der Waals surface area (Å²) in [4.78, 5) is 0.0786. The van der Waals surface area contributed by atoms with Gasteiger partial charge in [-0.15, -0.1) is 0 Å². The zero-order valence-corrected chi connectivity index (χ0v) is 12.5. The molecule has 0 spiro atoms. The summed E-state index contributed by atoms with van der Waals surface area (Å²) in [7, 11) is -0.659. The van der Waals surface area contributed by atoms with Crippen molar-refractivity contribution in [3.8, 4) is 17.2 Å². The van der Waals surface area contributed by atoms with Crippen LogP contribution in [0.4, 0.5) is 5.69 Å². The molecule has 0 aliphatic heterocycles. The molecule has 0 aliphatic carbocycles. The summed E-state index contributed by atoms with van der Waals surface area (Å²) in [5.41, 5.74) is 6.07. The van der Waals surface area contributed by atoms with Gasteiger partial charge in [-0.05, 0) is 37.4 Å². The normalized spacial score (nSPS) is 11.1. The molecule has 0 saturated carbocycles. The van der Waals surface area contributed by atoms with E-state index in [-0.39, 0.29) is 10.6 Å². The number of para-hydroxylation sites is 2. The van der Waals surface area contributed by atoms with Crippen molar-refractivity contribution < 1.29 is 17.9 Å².